The third-order valence-corrected chi connectivity index (χ3v) is 2.43. The zero-order chi connectivity index (χ0) is 11.4. The summed E-state index contributed by atoms with van der Waals surface area (Å²) in [5, 5.41) is 9.91. The number of cyclic esters (lactones) is 1. The van der Waals surface area contributed by atoms with E-state index in [1.807, 2.05) is 13.8 Å². The quantitative estimate of drug-likeness (QED) is 0.686. The molecule has 0 aromatic heterocycles. The minimum atomic E-state index is -0.351. The number of rotatable bonds is 4. The first kappa shape index (κ1) is 11.6. The highest BCUT2D eigenvalue weighted by atomic mass is 16.6. The molecule has 1 saturated heterocycles. The van der Waals surface area contributed by atoms with E-state index in [-0.39, 0.29) is 12.1 Å². The van der Waals surface area contributed by atoms with Gasteiger partial charge in [-0.3, -0.25) is 4.90 Å². The smallest absolute Gasteiger partial charge is 0.415 e. The maximum Gasteiger partial charge on any atom is 0.415 e. The van der Waals surface area contributed by atoms with Crippen LogP contribution in [0.15, 0.2) is 11.9 Å². The molecule has 5 nitrogen and oxygen atoms in total. The van der Waals surface area contributed by atoms with Gasteiger partial charge in [0.1, 0.15) is 12.4 Å². The summed E-state index contributed by atoms with van der Waals surface area (Å²) < 4.78 is 5.00. The number of carbonyl (C=O) groups excluding carboxylic acids is 1. The number of carbonyl (C=O) groups is 1. The van der Waals surface area contributed by atoms with E-state index in [0.717, 1.165) is 6.21 Å². The lowest BCUT2D eigenvalue weighted by Crippen LogP contribution is -2.40. The van der Waals surface area contributed by atoms with Gasteiger partial charge in [-0.05, 0) is 12.0 Å². The van der Waals surface area contributed by atoms with Crippen molar-refractivity contribution in [3.63, 3.8) is 0 Å². The highest BCUT2D eigenvalue weighted by Crippen LogP contribution is 2.22. The maximum atomic E-state index is 11.5. The average Bonchev–Trinajstić information content (AvgIpc) is 2.57. The Hall–Kier alpha value is -1.52. The second-order valence-corrected chi connectivity index (χ2v) is 3.73. The van der Waals surface area contributed by atoms with Crippen LogP contribution in [0.5, 0.6) is 0 Å². The lowest BCUT2D eigenvalue weighted by molar-refractivity contribution is 0.163. The van der Waals surface area contributed by atoms with Gasteiger partial charge in [-0.1, -0.05) is 13.8 Å². The summed E-state index contributed by atoms with van der Waals surface area (Å²) in [4.78, 5) is 13.1. The van der Waals surface area contributed by atoms with Crippen LogP contribution in [0.3, 0.4) is 0 Å². The number of allylic oxidation sites excluding steroid dienone is 1. The molecule has 15 heavy (non-hydrogen) atoms. The first-order valence-electron chi connectivity index (χ1n) is 4.96. The van der Waals surface area contributed by atoms with Crippen molar-refractivity contribution < 1.29 is 9.53 Å². The molecule has 1 heterocycles. The average molecular weight is 211 g/mol. The molecule has 0 spiro atoms. The van der Waals surface area contributed by atoms with Crippen molar-refractivity contribution in [1.82, 2.24) is 10.2 Å². The zero-order valence-corrected chi connectivity index (χ0v) is 9.28. The van der Waals surface area contributed by atoms with Gasteiger partial charge >= 0.3 is 6.09 Å². The summed E-state index contributed by atoms with van der Waals surface area (Å²) in [6.07, 6.45) is 2.34. The van der Waals surface area contributed by atoms with Gasteiger partial charge in [0.15, 0.2) is 0 Å². The van der Waals surface area contributed by atoms with Gasteiger partial charge in [0.25, 0.3) is 0 Å². The number of hydrogen-bond donors (Lipinski definition) is 2. The van der Waals surface area contributed by atoms with Crippen molar-refractivity contribution in [2.75, 3.05) is 13.7 Å². The summed E-state index contributed by atoms with van der Waals surface area (Å²) in [7, 11) is 1.72. The van der Waals surface area contributed by atoms with E-state index < -0.39 is 0 Å². The number of ether oxygens (including phenoxy) is 1. The molecule has 84 valence electrons. The Bertz CT molecular complexity index is 286. The van der Waals surface area contributed by atoms with Crippen LogP contribution in [0, 0.1) is 11.3 Å². The molecule has 1 amide bonds. The highest BCUT2D eigenvalue weighted by Gasteiger charge is 2.36. The van der Waals surface area contributed by atoms with E-state index in [1.165, 1.54) is 0 Å². The fourth-order valence-corrected chi connectivity index (χ4v) is 1.57. The normalized spacial score (nSPS) is 21.9. The fourth-order valence-electron chi connectivity index (χ4n) is 1.57. The second kappa shape index (κ2) is 4.82. The zero-order valence-electron chi connectivity index (χ0n) is 9.28. The predicted octanol–water partition coefficient (Wildman–Crippen LogP) is 1.17. The summed E-state index contributed by atoms with van der Waals surface area (Å²) in [5.74, 6) is 0.921. The molecule has 1 aliphatic heterocycles. The molecular formula is C10H17N3O2. The first-order chi connectivity index (χ1) is 7.11. The maximum absolute atomic E-state index is 11.5. The van der Waals surface area contributed by atoms with Gasteiger partial charge < -0.3 is 15.5 Å². The van der Waals surface area contributed by atoms with E-state index in [4.69, 9.17) is 10.1 Å². The van der Waals surface area contributed by atoms with E-state index in [2.05, 4.69) is 5.32 Å². The van der Waals surface area contributed by atoms with Crippen LogP contribution < -0.4 is 5.32 Å². The van der Waals surface area contributed by atoms with Crippen molar-refractivity contribution in [1.29, 1.82) is 5.41 Å². The Balaban J connectivity index is 2.92. The van der Waals surface area contributed by atoms with Gasteiger partial charge in [0.2, 0.25) is 0 Å². The number of hydrogen-bond acceptors (Lipinski definition) is 4. The molecule has 0 radical (unpaired) electrons. The monoisotopic (exact) mass is 211 g/mol. The van der Waals surface area contributed by atoms with E-state index in [9.17, 15) is 4.79 Å². The lowest BCUT2D eigenvalue weighted by atomic mass is 10.0. The minimum Gasteiger partial charge on any atom is -0.447 e. The Labute approximate surface area is 89.6 Å². The largest absolute Gasteiger partial charge is 0.447 e. The van der Waals surface area contributed by atoms with Crippen LogP contribution in [0.4, 0.5) is 4.79 Å². The summed E-state index contributed by atoms with van der Waals surface area (Å²) in [6.45, 7) is 4.49. The van der Waals surface area contributed by atoms with Crippen molar-refractivity contribution in [2.45, 2.75) is 19.9 Å². The molecule has 0 aromatic rings. The lowest BCUT2D eigenvalue weighted by Gasteiger charge is -2.25. The van der Waals surface area contributed by atoms with Crippen molar-refractivity contribution in [3.05, 3.63) is 11.9 Å². The van der Waals surface area contributed by atoms with E-state index in [0.29, 0.717) is 18.3 Å². The van der Waals surface area contributed by atoms with Crippen molar-refractivity contribution in [2.24, 2.45) is 5.92 Å². The molecule has 0 aliphatic carbocycles. The number of nitrogens with one attached hydrogen (secondary N) is 2. The molecule has 1 rings (SSSR count). The Kier molecular flexibility index (Phi) is 3.71. The van der Waals surface area contributed by atoms with Crippen molar-refractivity contribution in [3.8, 4) is 0 Å². The highest BCUT2D eigenvalue weighted by molar-refractivity contribution is 5.75. The molecule has 2 N–H and O–H groups in total. The van der Waals surface area contributed by atoms with Gasteiger partial charge in [0.05, 0.1) is 6.04 Å². The van der Waals surface area contributed by atoms with Crippen molar-refractivity contribution >= 4 is 12.3 Å². The summed E-state index contributed by atoms with van der Waals surface area (Å²) in [5.41, 5.74) is 0. The van der Waals surface area contributed by atoms with Gasteiger partial charge in [-0.2, -0.15) is 0 Å². The molecule has 0 saturated carbocycles. The van der Waals surface area contributed by atoms with Crippen LogP contribution in [-0.4, -0.2) is 36.9 Å². The molecule has 1 fully saturated rings. The standard InChI is InChI=1S/C10H17N3O2/c1-7(2)8-6-15-10(14)13(8)9(12-3)4-5-11/h4-5,7-8,11-12H,6H2,1-3H3/b9-4+,11-5?/t8-/m1/s1. The van der Waals surface area contributed by atoms with Gasteiger partial charge in [-0.25, -0.2) is 4.79 Å². The first-order valence-corrected chi connectivity index (χ1v) is 4.96. The Morgan fingerprint density at radius 1 is 1.73 bits per heavy atom. The molecule has 1 aliphatic rings. The fraction of sp³-hybridized carbons (Fsp3) is 0.600. The molecule has 0 unspecified atom stereocenters. The molecular weight excluding hydrogens is 194 g/mol. The predicted molar refractivity (Wildman–Crippen MR) is 57.7 cm³/mol. The third-order valence-electron chi connectivity index (χ3n) is 2.43. The van der Waals surface area contributed by atoms with Crippen LogP contribution in [0.1, 0.15) is 13.8 Å². The molecule has 0 bridgehead atoms. The second-order valence-electron chi connectivity index (χ2n) is 3.73. The van der Waals surface area contributed by atoms with Gasteiger partial charge in [-0.15, -0.1) is 0 Å². The third kappa shape index (κ3) is 2.29. The Morgan fingerprint density at radius 3 is 2.87 bits per heavy atom. The SMILES string of the molecule is CN/C(=C\C=N)N1C(=O)OC[C@@H]1C(C)C. The molecule has 0 aromatic carbocycles. The van der Waals surface area contributed by atoms with Gasteiger partial charge in [0, 0.05) is 13.3 Å². The van der Waals surface area contributed by atoms with Crippen LogP contribution in [0.25, 0.3) is 0 Å². The van der Waals surface area contributed by atoms with E-state index >= 15 is 0 Å². The van der Waals surface area contributed by atoms with Crippen LogP contribution in [0.2, 0.25) is 0 Å². The number of amides is 1. The minimum absolute atomic E-state index is 0.0381. The number of nitrogens with zero attached hydrogens (tertiary/aromatic N) is 1. The van der Waals surface area contributed by atoms with E-state index in [1.54, 1.807) is 18.0 Å². The summed E-state index contributed by atoms with van der Waals surface area (Å²) in [6, 6.07) is 0.0381. The summed E-state index contributed by atoms with van der Waals surface area (Å²) >= 11 is 0. The van der Waals surface area contributed by atoms with Crippen LogP contribution >= 0.6 is 0 Å². The molecule has 1 atom stereocenters. The molecule has 5 heteroatoms. The van der Waals surface area contributed by atoms with Crippen LogP contribution in [-0.2, 0) is 4.74 Å². The Morgan fingerprint density at radius 2 is 2.40 bits per heavy atom. The topological polar surface area (TPSA) is 65.4 Å².